The van der Waals surface area contributed by atoms with E-state index in [-0.39, 0.29) is 35.7 Å². The summed E-state index contributed by atoms with van der Waals surface area (Å²) in [5, 5.41) is 6.32. The summed E-state index contributed by atoms with van der Waals surface area (Å²) in [4.78, 5) is 59.3. The Balaban J connectivity index is 1.79. The quantitative estimate of drug-likeness (QED) is 0.333. The first-order valence-electron chi connectivity index (χ1n) is 16.2. The van der Waals surface area contributed by atoms with Crippen LogP contribution >= 0.6 is 0 Å². The normalized spacial score (nSPS) is 21.6. The fourth-order valence-corrected chi connectivity index (χ4v) is 6.96. The van der Waals surface area contributed by atoms with Crippen molar-refractivity contribution in [1.29, 1.82) is 0 Å². The van der Waals surface area contributed by atoms with Crippen LogP contribution in [0, 0.1) is 11.3 Å². The van der Waals surface area contributed by atoms with Gasteiger partial charge >= 0.3 is 0 Å². The minimum absolute atomic E-state index is 0.0424. The number of primary amides is 1. The van der Waals surface area contributed by atoms with Crippen molar-refractivity contribution in [2.75, 3.05) is 33.7 Å². The molecule has 4 amide bonds. The number of hydrogen-bond acceptors (Lipinski definition) is 6. The van der Waals surface area contributed by atoms with Gasteiger partial charge in [0.2, 0.25) is 23.6 Å². The van der Waals surface area contributed by atoms with E-state index in [4.69, 9.17) is 5.73 Å². The molecule has 1 unspecified atom stereocenters. The minimum atomic E-state index is -0.763. The van der Waals surface area contributed by atoms with Gasteiger partial charge in [0.05, 0.1) is 12.1 Å². The van der Waals surface area contributed by atoms with Gasteiger partial charge in [-0.15, -0.1) is 0 Å². The van der Waals surface area contributed by atoms with Crippen molar-refractivity contribution in [3.63, 3.8) is 0 Å². The largest absolute Gasteiger partial charge is 0.368 e. The van der Waals surface area contributed by atoms with E-state index in [1.165, 1.54) is 0 Å². The standard InChI is InChI=1S/C34H56N6O4/c1-22(2)26(21-39-19-13-18-25(39)31(43)40-20-14-17-24(40)29(35)41)38(9)32(44)28(33(3,4)5)37-30(42)27(36-8)34(6,7)23-15-11-10-12-16-23/h10-12,15-16,22,24-28,36H,13-14,17-21H2,1-9H3,(H2,35,41)(H,37,42)/t24-,25-,26+,27?,28+/m0/s1. The summed E-state index contributed by atoms with van der Waals surface area (Å²) in [5.41, 5.74) is 5.55. The molecule has 44 heavy (non-hydrogen) atoms. The molecule has 246 valence electrons. The van der Waals surface area contributed by atoms with E-state index in [1.54, 1.807) is 23.9 Å². The number of benzene rings is 1. The summed E-state index contributed by atoms with van der Waals surface area (Å²) in [7, 11) is 3.57. The molecule has 1 aromatic rings. The Labute approximate surface area is 264 Å². The van der Waals surface area contributed by atoms with Gasteiger partial charge in [-0.3, -0.25) is 24.1 Å². The molecule has 0 aromatic heterocycles. The monoisotopic (exact) mass is 612 g/mol. The zero-order chi connectivity index (χ0) is 33.0. The lowest BCUT2D eigenvalue weighted by Crippen LogP contribution is -2.62. The van der Waals surface area contributed by atoms with Gasteiger partial charge in [0.25, 0.3) is 0 Å². The molecule has 0 bridgehead atoms. The SMILES string of the molecule is CNC(C(=O)N[C@H](C(=O)N(C)[C@H](CN1CCC[C@H]1C(=O)N1CCC[C@H]1C(N)=O)C(C)C)C(C)(C)C)C(C)(C)c1ccccc1. The second kappa shape index (κ2) is 14.4. The van der Waals surface area contributed by atoms with Gasteiger partial charge in [-0.1, -0.05) is 78.8 Å². The van der Waals surface area contributed by atoms with Crippen molar-refractivity contribution < 1.29 is 19.2 Å². The Morgan fingerprint density at radius 3 is 2.09 bits per heavy atom. The molecular weight excluding hydrogens is 556 g/mol. The summed E-state index contributed by atoms with van der Waals surface area (Å²) >= 11 is 0. The van der Waals surface area contributed by atoms with Gasteiger partial charge in [0.15, 0.2) is 0 Å². The molecule has 0 aliphatic carbocycles. The predicted molar refractivity (Wildman–Crippen MR) is 174 cm³/mol. The van der Waals surface area contributed by atoms with E-state index >= 15 is 0 Å². The smallest absolute Gasteiger partial charge is 0.245 e. The highest BCUT2D eigenvalue weighted by atomic mass is 16.2. The molecule has 10 heteroatoms. The molecule has 5 atom stereocenters. The van der Waals surface area contributed by atoms with E-state index in [1.807, 2.05) is 65.0 Å². The van der Waals surface area contributed by atoms with Crippen LogP contribution in [0.5, 0.6) is 0 Å². The molecule has 0 spiro atoms. The molecule has 0 saturated carbocycles. The van der Waals surface area contributed by atoms with Crippen LogP contribution in [0.1, 0.15) is 79.7 Å². The van der Waals surface area contributed by atoms with Gasteiger partial charge in [-0.2, -0.15) is 0 Å². The van der Waals surface area contributed by atoms with Crippen molar-refractivity contribution in [2.24, 2.45) is 17.1 Å². The Bertz CT molecular complexity index is 1160. The zero-order valence-electron chi connectivity index (χ0n) is 28.4. The van der Waals surface area contributed by atoms with E-state index in [9.17, 15) is 19.2 Å². The Morgan fingerprint density at radius 2 is 1.55 bits per heavy atom. The number of likely N-dealkylation sites (N-methyl/N-ethyl adjacent to an activating group) is 2. The number of hydrogen-bond donors (Lipinski definition) is 3. The molecule has 1 aromatic carbocycles. The minimum Gasteiger partial charge on any atom is -0.368 e. The fraction of sp³-hybridized carbons (Fsp3) is 0.706. The first-order valence-corrected chi connectivity index (χ1v) is 16.2. The molecule has 0 radical (unpaired) electrons. The second-order valence-corrected chi connectivity index (χ2v) is 14.6. The molecule has 10 nitrogen and oxygen atoms in total. The van der Waals surface area contributed by atoms with Crippen LogP contribution in [0.4, 0.5) is 0 Å². The average Bonchev–Trinajstić information content (AvgIpc) is 3.64. The van der Waals surface area contributed by atoms with Gasteiger partial charge in [0, 0.05) is 31.6 Å². The number of nitrogens with one attached hydrogen (secondary N) is 2. The Hall–Kier alpha value is -2.98. The molecule has 2 fully saturated rings. The van der Waals surface area contributed by atoms with E-state index < -0.39 is 34.9 Å². The van der Waals surface area contributed by atoms with Gasteiger partial charge in [0.1, 0.15) is 12.1 Å². The van der Waals surface area contributed by atoms with Crippen LogP contribution in [0.3, 0.4) is 0 Å². The summed E-state index contributed by atoms with van der Waals surface area (Å²) in [6.45, 7) is 15.9. The summed E-state index contributed by atoms with van der Waals surface area (Å²) in [6.07, 6.45) is 2.97. The molecule has 2 aliphatic heterocycles. The molecular formula is C34H56N6O4. The summed E-state index contributed by atoms with van der Waals surface area (Å²) in [5.74, 6) is -0.784. The van der Waals surface area contributed by atoms with Crippen LogP contribution in [-0.2, 0) is 24.6 Å². The maximum atomic E-state index is 14.3. The predicted octanol–water partition coefficient (Wildman–Crippen LogP) is 2.51. The first-order chi connectivity index (χ1) is 20.5. The first kappa shape index (κ1) is 35.5. The lowest BCUT2D eigenvalue weighted by atomic mass is 9.76. The number of nitrogens with two attached hydrogens (primary N) is 1. The van der Waals surface area contributed by atoms with E-state index in [2.05, 4.69) is 29.4 Å². The highest BCUT2D eigenvalue weighted by Gasteiger charge is 2.44. The summed E-state index contributed by atoms with van der Waals surface area (Å²) in [6, 6.07) is 7.50. The molecule has 2 aliphatic rings. The topological polar surface area (TPSA) is 128 Å². The Morgan fingerprint density at radius 1 is 0.955 bits per heavy atom. The average molecular weight is 613 g/mol. The van der Waals surface area contributed by atoms with E-state index in [0.29, 0.717) is 25.9 Å². The number of carbonyl (C=O) groups is 4. The fourth-order valence-electron chi connectivity index (χ4n) is 6.96. The van der Waals surface area contributed by atoms with Crippen LogP contribution in [0.15, 0.2) is 30.3 Å². The molecule has 3 rings (SSSR count). The second-order valence-electron chi connectivity index (χ2n) is 14.6. The lowest BCUT2D eigenvalue weighted by Gasteiger charge is -2.41. The van der Waals surface area contributed by atoms with Crippen molar-refractivity contribution >= 4 is 23.6 Å². The molecule has 2 saturated heterocycles. The van der Waals surface area contributed by atoms with Gasteiger partial charge < -0.3 is 26.2 Å². The molecule has 4 N–H and O–H groups in total. The third kappa shape index (κ3) is 7.80. The highest BCUT2D eigenvalue weighted by Crippen LogP contribution is 2.30. The number of amides is 4. The van der Waals surface area contributed by atoms with Crippen molar-refractivity contribution in [3.8, 4) is 0 Å². The van der Waals surface area contributed by atoms with Gasteiger partial charge in [-0.05, 0) is 56.2 Å². The number of nitrogens with zero attached hydrogens (tertiary/aromatic N) is 3. The number of likely N-dealkylation sites (tertiary alicyclic amines) is 2. The van der Waals surface area contributed by atoms with Crippen LogP contribution in [0.2, 0.25) is 0 Å². The molecule has 2 heterocycles. The maximum Gasteiger partial charge on any atom is 0.245 e. The number of rotatable bonds is 12. The number of carbonyl (C=O) groups excluding carboxylic acids is 4. The third-order valence-electron chi connectivity index (χ3n) is 9.74. The summed E-state index contributed by atoms with van der Waals surface area (Å²) < 4.78 is 0. The Kier molecular flexibility index (Phi) is 11.6. The van der Waals surface area contributed by atoms with Crippen LogP contribution in [0.25, 0.3) is 0 Å². The lowest BCUT2D eigenvalue weighted by molar-refractivity contribution is -0.143. The van der Waals surface area contributed by atoms with Crippen LogP contribution in [-0.4, -0.2) is 102 Å². The maximum absolute atomic E-state index is 14.3. The zero-order valence-corrected chi connectivity index (χ0v) is 28.4. The van der Waals surface area contributed by atoms with Gasteiger partial charge in [-0.25, -0.2) is 0 Å². The van der Waals surface area contributed by atoms with E-state index in [0.717, 1.165) is 24.9 Å². The van der Waals surface area contributed by atoms with Crippen molar-refractivity contribution in [2.45, 2.75) is 110 Å². The van der Waals surface area contributed by atoms with Crippen LogP contribution < -0.4 is 16.4 Å². The van der Waals surface area contributed by atoms with Crippen molar-refractivity contribution in [3.05, 3.63) is 35.9 Å². The van der Waals surface area contributed by atoms with Crippen molar-refractivity contribution in [1.82, 2.24) is 25.3 Å². The highest BCUT2D eigenvalue weighted by molar-refractivity contribution is 5.91. The third-order valence-corrected chi connectivity index (χ3v) is 9.74.